The van der Waals surface area contributed by atoms with Crippen LogP contribution in [0.25, 0.3) is 0 Å². The van der Waals surface area contributed by atoms with Crippen molar-refractivity contribution in [3.05, 3.63) is 52.0 Å². The van der Waals surface area contributed by atoms with Gasteiger partial charge in [-0.2, -0.15) is 0 Å². The Balaban J connectivity index is 1.99. The lowest BCUT2D eigenvalue weighted by Gasteiger charge is -2.18. The molecule has 0 aliphatic heterocycles. The molecular weight excluding hydrogens is 365 g/mol. The maximum atomic E-state index is 12.1. The molecule has 0 heterocycles. The number of ether oxygens (including phenoxy) is 3. The van der Waals surface area contributed by atoms with Gasteiger partial charge in [0, 0.05) is 11.6 Å². The second kappa shape index (κ2) is 8.83. The second-order valence-electron chi connectivity index (χ2n) is 5.26. The van der Waals surface area contributed by atoms with Crippen molar-refractivity contribution in [3.8, 4) is 17.2 Å². The predicted octanol–water partition coefficient (Wildman–Crippen LogP) is 4.27. The monoisotopic (exact) mass is 383 g/mol. The summed E-state index contributed by atoms with van der Waals surface area (Å²) in [5, 5.41) is 3.66. The smallest absolute Gasteiger partial charge is 0.258 e. The minimum absolute atomic E-state index is 0.144. The van der Waals surface area contributed by atoms with E-state index in [-0.39, 0.29) is 18.6 Å². The van der Waals surface area contributed by atoms with Crippen molar-refractivity contribution in [2.24, 2.45) is 0 Å². The molecule has 0 aromatic heterocycles. The highest BCUT2D eigenvalue weighted by atomic mass is 35.5. The summed E-state index contributed by atoms with van der Waals surface area (Å²) in [6.45, 7) is 1.71. The Labute approximate surface area is 156 Å². The van der Waals surface area contributed by atoms with Crippen molar-refractivity contribution in [1.29, 1.82) is 0 Å². The maximum absolute atomic E-state index is 12.1. The Morgan fingerprint density at radius 3 is 2.40 bits per heavy atom. The Kier molecular flexibility index (Phi) is 6.79. The van der Waals surface area contributed by atoms with Crippen molar-refractivity contribution in [1.82, 2.24) is 5.32 Å². The third-order valence-corrected chi connectivity index (χ3v) is 4.28. The van der Waals surface area contributed by atoms with Gasteiger partial charge in [0.05, 0.1) is 30.3 Å². The van der Waals surface area contributed by atoms with Crippen LogP contribution in [0.3, 0.4) is 0 Å². The van der Waals surface area contributed by atoms with E-state index >= 15 is 0 Å². The maximum Gasteiger partial charge on any atom is 0.258 e. The van der Waals surface area contributed by atoms with Crippen LogP contribution in [0.4, 0.5) is 0 Å². The van der Waals surface area contributed by atoms with Gasteiger partial charge in [-0.25, -0.2) is 0 Å². The first-order chi connectivity index (χ1) is 11.9. The lowest BCUT2D eigenvalue weighted by molar-refractivity contribution is -0.123. The zero-order valence-electron chi connectivity index (χ0n) is 14.1. The molecule has 1 unspecified atom stereocenters. The lowest BCUT2D eigenvalue weighted by Crippen LogP contribution is -2.31. The highest BCUT2D eigenvalue weighted by molar-refractivity contribution is 6.42. The summed E-state index contributed by atoms with van der Waals surface area (Å²) in [5.74, 6) is 1.54. The van der Waals surface area contributed by atoms with Gasteiger partial charge in [-0.15, -0.1) is 0 Å². The molecule has 2 aromatic carbocycles. The minimum Gasteiger partial charge on any atom is -0.497 e. The molecule has 0 radical (unpaired) electrons. The summed E-state index contributed by atoms with van der Waals surface area (Å²) in [6, 6.07) is 9.95. The van der Waals surface area contributed by atoms with E-state index in [0.29, 0.717) is 27.3 Å². The van der Waals surface area contributed by atoms with Crippen molar-refractivity contribution >= 4 is 29.1 Å². The van der Waals surface area contributed by atoms with Gasteiger partial charge in [-0.1, -0.05) is 23.2 Å². The topological polar surface area (TPSA) is 56.8 Å². The van der Waals surface area contributed by atoms with Crippen molar-refractivity contribution in [3.63, 3.8) is 0 Å². The molecule has 0 bridgehead atoms. The van der Waals surface area contributed by atoms with Crippen LogP contribution in [-0.2, 0) is 4.79 Å². The first kappa shape index (κ1) is 19.2. The Morgan fingerprint density at radius 1 is 1.04 bits per heavy atom. The molecule has 0 saturated carbocycles. The molecule has 0 saturated heterocycles. The molecule has 25 heavy (non-hydrogen) atoms. The van der Waals surface area contributed by atoms with Crippen LogP contribution in [-0.4, -0.2) is 26.7 Å². The number of halogens is 2. The van der Waals surface area contributed by atoms with Crippen molar-refractivity contribution in [2.75, 3.05) is 20.8 Å². The Morgan fingerprint density at radius 2 is 1.76 bits per heavy atom. The number of hydrogen-bond donors (Lipinski definition) is 1. The van der Waals surface area contributed by atoms with Gasteiger partial charge < -0.3 is 19.5 Å². The Bertz CT molecular complexity index is 752. The zero-order chi connectivity index (χ0) is 18.4. The van der Waals surface area contributed by atoms with E-state index < -0.39 is 0 Å². The zero-order valence-corrected chi connectivity index (χ0v) is 15.6. The van der Waals surface area contributed by atoms with E-state index in [0.717, 1.165) is 5.56 Å². The molecule has 2 aromatic rings. The van der Waals surface area contributed by atoms with E-state index in [1.807, 2.05) is 13.0 Å². The van der Waals surface area contributed by atoms with Gasteiger partial charge in [0.15, 0.2) is 6.61 Å². The van der Waals surface area contributed by atoms with E-state index in [1.165, 1.54) is 0 Å². The number of carbonyl (C=O) groups excluding carboxylic acids is 1. The normalized spacial score (nSPS) is 11.6. The van der Waals surface area contributed by atoms with Crippen LogP contribution >= 0.6 is 23.2 Å². The number of nitrogens with one attached hydrogen (secondary N) is 1. The highest BCUT2D eigenvalue weighted by Crippen LogP contribution is 2.29. The summed E-state index contributed by atoms with van der Waals surface area (Å²) in [5.41, 5.74) is 0.810. The molecule has 1 atom stereocenters. The SMILES string of the molecule is COc1ccc(OC)c(C(C)NC(=O)COc2ccc(Cl)c(Cl)c2)c1. The quantitative estimate of drug-likeness (QED) is 0.775. The first-order valence-electron chi connectivity index (χ1n) is 7.53. The van der Waals surface area contributed by atoms with Crippen LogP contribution in [0.5, 0.6) is 17.2 Å². The molecule has 0 aliphatic carbocycles. The fourth-order valence-electron chi connectivity index (χ4n) is 2.25. The summed E-state index contributed by atoms with van der Waals surface area (Å²) in [6.07, 6.45) is 0. The van der Waals surface area contributed by atoms with Crippen LogP contribution in [0, 0.1) is 0 Å². The molecular formula is C18H19Cl2NO4. The molecule has 1 N–H and O–H groups in total. The number of benzene rings is 2. The number of methoxy groups -OCH3 is 2. The molecule has 0 fully saturated rings. The number of rotatable bonds is 7. The molecule has 1 amide bonds. The molecule has 0 spiro atoms. The number of carbonyl (C=O) groups is 1. The van der Waals surface area contributed by atoms with Gasteiger partial charge >= 0.3 is 0 Å². The van der Waals surface area contributed by atoms with E-state index in [9.17, 15) is 4.79 Å². The largest absolute Gasteiger partial charge is 0.497 e. The standard InChI is InChI=1S/C18H19Cl2NO4/c1-11(14-8-12(23-2)5-7-17(14)24-3)21-18(22)10-25-13-4-6-15(19)16(20)9-13/h4-9,11H,10H2,1-3H3,(H,21,22). The van der Waals surface area contributed by atoms with Gasteiger partial charge in [0.1, 0.15) is 17.2 Å². The van der Waals surface area contributed by atoms with Crippen LogP contribution in [0.2, 0.25) is 10.0 Å². The van der Waals surface area contributed by atoms with Crippen molar-refractivity contribution in [2.45, 2.75) is 13.0 Å². The fourth-order valence-corrected chi connectivity index (χ4v) is 2.54. The van der Waals surface area contributed by atoms with E-state index in [1.54, 1.807) is 44.6 Å². The third kappa shape index (κ3) is 5.18. The van der Waals surface area contributed by atoms with E-state index in [2.05, 4.69) is 5.32 Å². The molecule has 134 valence electrons. The van der Waals surface area contributed by atoms with E-state index in [4.69, 9.17) is 37.4 Å². The first-order valence-corrected chi connectivity index (χ1v) is 8.29. The molecule has 7 heteroatoms. The van der Waals surface area contributed by atoms with Crippen LogP contribution in [0.1, 0.15) is 18.5 Å². The predicted molar refractivity (Wildman–Crippen MR) is 98.1 cm³/mol. The fraction of sp³-hybridized carbons (Fsp3) is 0.278. The molecule has 2 rings (SSSR count). The minimum atomic E-state index is -0.282. The Hall–Kier alpha value is -2.11. The highest BCUT2D eigenvalue weighted by Gasteiger charge is 2.15. The second-order valence-corrected chi connectivity index (χ2v) is 6.08. The average molecular weight is 384 g/mol. The molecule has 0 aliphatic rings. The summed E-state index contributed by atoms with van der Waals surface area (Å²) in [7, 11) is 3.16. The van der Waals surface area contributed by atoms with Crippen LogP contribution < -0.4 is 19.5 Å². The van der Waals surface area contributed by atoms with Gasteiger partial charge in [-0.05, 0) is 37.3 Å². The van der Waals surface area contributed by atoms with Crippen LogP contribution in [0.15, 0.2) is 36.4 Å². The third-order valence-electron chi connectivity index (χ3n) is 3.54. The average Bonchev–Trinajstić information content (AvgIpc) is 2.62. The number of hydrogen-bond acceptors (Lipinski definition) is 4. The summed E-state index contributed by atoms with van der Waals surface area (Å²) < 4.78 is 16.0. The van der Waals surface area contributed by atoms with Crippen molar-refractivity contribution < 1.29 is 19.0 Å². The molecule has 5 nitrogen and oxygen atoms in total. The summed E-state index contributed by atoms with van der Waals surface area (Å²) in [4.78, 5) is 12.1. The lowest BCUT2D eigenvalue weighted by atomic mass is 10.1. The number of amides is 1. The van der Waals surface area contributed by atoms with Gasteiger partial charge in [0.25, 0.3) is 5.91 Å². The van der Waals surface area contributed by atoms with Gasteiger partial charge in [0.2, 0.25) is 0 Å². The summed E-state index contributed by atoms with van der Waals surface area (Å²) >= 11 is 11.8. The van der Waals surface area contributed by atoms with Gasteiger partial charge in [-0.3, -0.25) is 4.79 Å².